The van der Waals surface area contributed by atoms with Crippen LogP contribution in [-0.2, 0) is 60.3 Å². The minimum Gasteiger partial charge on any atom is -0.497 e. The van der Waals surface area contributed by atoms with Crippen LogP contribution >= 0.6 is 11.3 Å². The maximum Gasteiger partial charge on any atom is 0.161 e. The summed E-state index contributed by atoms with van der Waals surface area (Å²) >= 11 is 1.73. The molecule has 82 heavy (non-hydrogen) atoms. The molecule has 10 rings (SSSR count). The summed E-state index contributed by atoms with van der Waals surface area (Å²) in [5, 5.41) is 18.3. The molecule has 0 saturated heterocycles. The number of nitrogens with zero attached hydrogens (tertiary/aromatic N) is 4. The van der Waals surface area contributed by atoms with Crippen LogP contribution in [0.2, 0.25) is 0 Å². The fourth-order valence-electron chi connectivity index (χ4n) is 7.95. The monoisotopic (exact) mass is 1650 g/mol. The maximum atomic E-state index is 8.56. The molecule has 0 aliphatic carbocycles. The summed E-state index contributed by atoms with van der Waals surface area (Å²) in [5.41, 5.74) is 9.96. The van der Waals surface area contributed by atoms with Gasteiger partial charge in [-0.15, -0.1) is 88.8 Å². The average Bonchev–Trinajstić information content (AvgIpc) is 3.97. The topological polar surface area (TPSA) is 119 Å². The van der Waals surface area contributed by atoms with Crippen molar-refractivity contribution in [1.29, 1.82) is 0 Å². The molecule has 2 atom stereocenters. The molecule has 0 aliphatic heterocycles. The molecule has 2 N–H and O–H groups in total. The van der Waals surface area contributed by atoms with Crippen molar-refractivity contribution in [2.75, 3.05) is 32.3 Å². The standard InChI is InChI=1S/C25H21N2O2.C25H28NO2.C13H8NS.C5H12O2.3Ir/c1-28-23-13-9-20(10-14-23)27(21-11-15-24(29-2)16-12-21)22-7-5-6-19(18-22)25-8-3-4-17-26-25;1-18(2)16-27-24-12-11-21(15-25(24)28-17-19(3)4)20-8-7-9-22(14-20)23-10-5-6-13-26-23;1-2-7-12-10(5-1)9-13(15-12)11-6-3-4-8-14-11;1-4(6)3-5(2)7;;;/h3-5,7-18H,1-2H3;5-8,10-15,18-19H,16-17H2,1-4H3;1-8H;4-7H,3H2,1-2H3;;;/q3*-1;;;;. The molecule has 0 spiro atoms. The Balaban J connectivity index is 0.000000254. The molecule has 2 unspecified atom stereocenters. The third-order valence-corrected chi connectivity index (χ3v) is 12.8. The van der Waals surface area contributed by atoms with Gasteiger partial charge in [-0.25, -0.2) is 11.3 Å². The van der Waals surface area contributed by atoms with Crippen molar-refractivity contribution < 1.29 is 89.5 Å². The van der Waals surface area contributed by atoms with Crippen LogP contribution in [0.3, 0.4) is 0 Å². The first-order chi connectivity index (χ1) is 38.4. The Labute approximate surface area is 529 Å². The number of hydrogen-bond donors (Lipinski definition) is 2. The molecule has 14 heteroatoms. The quantitative estimate of drug-likeness (QED) is 0.0853. The van der Waals surface area contributed by atoms with Gasteiger partial charge in [-0.1, -0.05) is 82.3 Å². The summed E-state index contributed by atoms with van der Waals surface area (Å²) in [6, 6.07) is 70.3. The van der Waals surface area contributed by atoms with E-state index in [4.69, 9.17) is 29.2 Å². The van der Waals surface area contributed by atoms with E-state index in [-0.39, 0.29) is 72.5 Å². The molecule has 10 nitrogen and oxygen atoms in total. The number of methoxy groups -OCH3 is 2. The molecule has 3 radical (unpaired) electrons. The van der Waals surface area contributed by atoms with Crippen LogP contribution in [0.1, 0.15) is 48.0 Å². The number of thiophene rings is 1. The van der Waals surface area contributed by atoms with E-state index < -0.39 is 0 Å². The number of benzene rings is 6. The fourth-order valence-corrected chi connectivity index (χ4v) is 8.93. The van der Waals surface area contributed by atoms with Crippen LogP contribution in [0, 0.1) is 30.0 Å². The van der Waals surface area contributed by atoms with Gasteiger partial charge in [0.15, 0.2) is 11.5 Å². The number of fused-ring (bicyclic) bond motifs is 1. The zero-order valence-corrected chi connectivity index (χ0v) is 55.2. The second-order valence-corrected chi connectivity index (χ2v) is 20.4. The van der Waals surface area contributed by atoms with E-state index in [1.54, 1.807) is 51.8 Å². The summed E-state index contributed by atoms with van der Waals surface area (Å²) in [4.78, 5) is 16.5. The molecular formula is C68H69Ir3N4O6S-3. The number of aliphatic hydroxyl groups is 2. The number of hydrogen-bond acceptors (Lipinski definition) is 11. The SMILES string of the molecule is CC(C)COc1ccc(-c2cc[c-]c(-c3ccccn3)c2)cc1OCC(C)C.CC(O)CC(C)O.COc1ccc(N(c2ccc(OC)cc2)c2cc[c-]c(-c3ccccn3)c2)cc1.[Ir].[Ir].[Ir].[c-]1c(-c2ccccn2)sc2ccccc12. The first kappa shape index (κ1) is 68.1. The van der Waals surface area contributed by atoms with Gasteiger partial charge in [0, 0.05) is 96.0 Å². The molecule has 0 fully saturated rings. The summed E-state index contributed by atoms with van der Waals surface area (Å²) < 4.78 is 23.9. The molecule has 0 saturated carbocycles. The smallest absolute Gasteiger partial charge is 0.161 e. The Morgan fingerprint density at radius 2 is 0.963 bits per heavy atom. The van der Waals surface area contributed by atoms with Crippen LogP contribution in [0.4, 0.5) is 17.1 Å². The minimum atomic E-state index is -0.375. The molecule has 0 aliphatic rings. The van der Waals surface area contributed by atoms with E-state index in [0.29, 0.717) is 31.5 Å². The Morgan fingerprint density at radius 1 is 0.488 bits per heavy atom. The van der Waals surface area contributed by atoms with Crippen LogP contribution in [-0.4, -0.2) is 64.8 Å². The molecule has 10 aromatic rings. The van der Waals surface area contributed by atoms with Crippen LogP contribution in [0.15, 0.2) is 201 Å². The van der Waals surface area contributed by atoms with E-state index in [2.05, 4.69) is 114 Å². The molecule has 433 valence electrons. The zero-order valence-electron chi connectivity index (χ0n) is 47.2. The second kappa shape index (κ2) is 35.6. The van der Waals surface area contributed by atoms with Crippen molar-refractivity contribution in [3.8, 4) is 67.2 Å². The van der Waals surface area contributed by atoms with Crippen molar-refractivity contribution in [2.45, 2.75) is 60.2 Å². The summed E-state index contributed by atoms with van der Waals surface area (Å²) in [5.74, 6) is 4.13. The molecule has 4 heterocycles. The Morgan fingerprint density at radius 3 is 1.44 bits per heavy atom. The first-order valence-corrected chi connectivity index (χ1v) is 27.2. The minimum absolute atomic E-state index is 0. The largest absolute Gasteiger partial charge is 0.497 e. The molecular weight excluding hydrogens is 1580 g/mol. The fraction of sp³-hybridized carbons (Fsp3) is 0.221. The van der Waals surface area contributed by atoms with Crippen LogP contribution in [0.25, 0.3) is 54.3 Å². The molecule has 4 aromatic heterocycles. The van der Waals surface area contributed by atoms with E-state index in [0.717, 1.165) is 84.3 Å². The summed E-state index contributed by atoms with van der Waals surface area (Å²) in [7, 11) is 3.34. The van der Waals surface area contributed by atoms with Gasteiger partial charge in [-0.2, -0.15) is 0 Å². The van der Waals surface area contributed by atoms with Crippen molar-refractivity contribution >= 4 is 38.5 Å². The number of anilines is 3. The first-order valence-electron chi connectivity index (χ1n) is 26.4. The third-order valence-electron chi connectivity index (χ3n) is 11.7. The Kier molecular flexibility index (Phi) is 29.5. The third kappa shape index (κ3) is 21.1. The Hall–Kier alpha value is -6.40. The van der Waals surface area contributed by atoms with Gasteiger partial charge < -0.3 is 49.0 Å². The van der Waals surface area contributed by atoms with E-state index in [9.17, 15) is 0 Å². The number of pyridine rings is 3. The number of aromatic nitrogens is 3. The second-order valence-electron chi connectivity index (χ2n) is 19.4. The van der Waals surface area contributed by atoms with Crippen LogP contribution < -0.4 is 23.8 Å². The molecule has 0 amide bonds. The van der Waals surface area contributed by atoms with Gasteiger partial charge in [0.05, 0.1) is 39.6 Å². The van der Waals surface area contributed by atoms with Gasteiger partial charge in [0.25, 0.3) is 0 Å². The van der Waals surface area contributed by atoms with Crippen molar-refractivity contribution in [3.05, 3.63) is 219 Å². The van der Waals surface area contributed by atoms with Crippen molar-refractivity contribution in [2.24, 2.45) is 11.8 Å². The normalized spacial score (nSPS) is 11.0. The maximum absolute atomic E-state index is 8.56. The molecule has 0 bridgehead atoms. The van der Waals surface area contributed by atoms with E-state index in [1.165, 1.54) is 10.1 Å². The van der Waals surface area contributed by atoms with Crippen molar-refractivity contribution in [1.82, 2.24) is 15.0 Å². The summed E-state index contributed by atoms with van der Waals surface area (Å²) in [6.07, 6.45) is 5.13. The predicted molar refractivity (Wildman–Crippen MR) is 323 cm³/mol. The predicted octanol–water partition coefficient (Wildman–Crippen LogP) is 16.2. The molecule has 6 aromatic carbocycles. The van der Waals surface area contributed by atoms with E-state index >= 15 is 0 Å². The summed E-state index contributed by atoms with van der Waals surface area (Å²) in [6.45, 7) is 13.2. The van der Waals surface area contributed by atoms with Crippen LogP contribution in [0.5, 0.6) is 23.0 Å². The average molecular weight is 1650 g/mol. The van der Waals surface area contributed by atoms with Gasteiger partial charge in [-0.3, -0.25) is 0 Å². The number of rotatable bonds is 17. The van der Waals surface area contributed by atoms with Gasteiger partial charge in [0.1, 0.15) is 11.5 Å². The van der Waals surface area contributed by atoms with Gasteiger partial charge in [-0.05, 0) is 143 Å². The van der Waals surface area contributed by atoms with Gasteiger partial charge in [0.2, 0.25) is 0 Å². The van der Waals surface area contributed by atoms with Gasteiger partial charge >= 0.3 is 0 Å². The van der Waals surface area contributed by atoms with E-state index in [1.807, 2.05) is 140 Å². The van der Waals surface area contributed by atoms with Crippen molar-refractivity contribution in [3.63, 3.8) is 0 Å². The number of ether oxygens (including phenoxy) is 4. The zero-order chi connectivity index (χ0) is 55.9. The number of aliphatic hydroxyl groups excluding tert-OH is 2. The Bertz CT molecular complexity index is 3290.